The standard InChI is InChI=1S/C47H76N4O15/c1-4-37(41(53)32-35(2)36(3)52)14-11-12-22-48-43(55)21-20-40(47(60)61)51-45(57)34-65-31-29-63-27-24-50-44(56)33-64-30-28-62-26-23-49-42(54)15-10-8-6-5-7-9-13-25-66-39-18-16-38(17-19-39)46(58)59/h16-19,35,37,40H,4-15,20-34H2,1-3H3,(H,48,55)(H,49,54)(H,50,56)(H,51,57)(H,58,59)(H,60,61)/t35-,37+,40+/m1/s1. The summed E-state index contributed by atoms with van der Waals surface area (Å²) in [6, 6.07) is 5.11. The van der Waals surface area contributed by atoms with Crippen LogP contribution in [-0.2, 0) is 52.5 Å². The van der Waals surface area contributed by atoms with Crippen LogP contribution in [0.1, 0.15) is 127 Å². The van der Waals surface area contributed by atoms with E-state index >= 15 is 0 Å². The van der Waals surface area contributed by atoms with Gasteiger partial charge in [0.25, 0.3) is 0 Å². The third kappa shape index (κ3) is 31.8. The van der Waals surface area contributed by atoms with Gasteiger partial charge in [0.2, 0.25) is 23.6 Å². The average Bonchev–Trinajstić information content (AvgIpc) is 3.28. The van der Waals surface area contributed by atoms with Crippen LogP contribution in [0.2, 0.25) is 0 Å². The van der Waals surface area contributed by atoms with Gasteiger partial charge in [0.05, 0.1) is 51.8 Å². The topological polar surface area (TPSA) is 271 Å². The maximum Gasteiger partial charge on any atom is 0.335 e. The number of ether oxygens (including phenoxy) is 5. The molecule has 3 atom stereocenters. The van der Waals surface area contributed by atoms with Gasteiger partial charge < -0.3 is 55.2 Å². The van der Waals surface area contributed by atoms with Crippen LogP contribution in [0.5, 0.6) is 5.75 Å². The number of carboxylic acid groups (broad SMARTS) is 2. The lowest BCUT2D eigenvalue weighted by atomic mass is 9.88. The van der Waals surface area contributed by atoms with Crippen LogP contribution < -0.4 is 26.0 Å². The Labute approximate surface area is 389 Å². The zero-order chi connectivity index (χ0) is 48.8. The van der Waals surface area contributed by atoms with Crippen molar-refractivity contribution >= 4 is 47.1 Å². The minimum Gasteiger partial charge on any atom is -0.494 e. The Hall–Kier alpha value is -4.98. The number of Topliss-reactive ketones (excluding diaryl/α,β-unsaturated/α-hetero) is 2. The van der Waals surface area contributed by atoms with Crippen molar-refractivity contribution in [3.05, 3.63) is 29.8 Å². The summed E-state index contributed by atoms with van der Waals surface area (Å²) in [6.45, 7) is 7.36. The summed E-state index contributed by atoms with van der Waals surface area (Å²) in [6.07, 6.45) is 10.3. The Morgan fingerprint density at radius 2 is 1.12 bits per heavy atom. The van der Waals surface area contributed by atoms with E-state index in [4.69, 9.17) is 28.8 Å². The highest BCUT2D eigenvalue weighted by atomic mass is 16.5. The Balaban J connectivity index is 1.93. The largest absolute Gasteiger partial charge is 0.494 e. The maximum absolute atomic E-state index is 12.5. The van der Waals surface area contributed by atoms with E-state index in [1.807, 2.05) is 6.92 Å². The summed E-state index contributed by atoms with van der Waals surface area (Å²) in [7, 11) is 0. The number of carbonyl (C=O) groups excluding carboxylic acids is 6. The van der Waals surface area contributed by atoms with E-state index in [1.165, 1.54) is 19.1 Å². The molecule has 1 aromatic rings. The fraction of sp³-hybridized carbons (Fsp3) is 0.702. The number of aromatic carboxylic acids is 1. The molecule has 4 amide bonds. The Morgan fingerprint density at radius 1 is 0.576 bits per heavy atom. The molecule has 0 aliphatic heterocycles. The predicted octanol–water partition coefficient (Wildman–Crippen LogP) is 4.03. The number of hydrogen-bond donors (Lipinski definition) is 6. The lowest BCUT2D eigenvalue weighted by Gasteiger charge is -2.16. The first-order valence-corrected chi connectivity index (χ1v) is 23.4. The molecular weight excluding hydrogens is 861 g/mol. The molecule has 0 aliphatic carbocycles. The molecule has 66 heavy (non-hydrogen) atoms. The first kappa shape index (κ1) is 59.0. The van der Waals surface area contributed by atoms with Gasteiger partial charge in [0, 0.05) is 50.7 Å². The summed E-state index contributed by atoms with van der Waals surface area (Å²) in [5.41, 5.74) is 0.233. The van der Waals surface area contributed by atoms with Crippen molar-refractivity contribution < 1.29 is 72.3 Å². The molecule has 19 nitrogen and oxygen atoms in total. The van der Waals surface area contributed by atoms with E-state index in [0.717, 1.165) is 51.4 Å². The zero-order valence-electron chi connectivity index (χ0n) is 39.3. The number of ketones is 2. The summed E-state index contributed by atoms with van der Waals surface area (Å²) in [4.78, 5) is 95.0. The molecule has 1 rings (SSSR count). The smallest absolute Gasteiger partial charge is 0.335 e. The third-order valence-corrected chi connectivity index (χ3v) is 10.5. The Morgan fingerprint density at radius 3 is 1.71 bits per heavy atom. The van der Waals surface area contributed by atoms with Crippen LogP contribution in [-0.4, -0.2) is 142 Å². The summed E-state index contributed by atoms with van der Waals surface area (Å²) < 4.78 is 27.0. The fourth-order valence-electron chi connectivity index (χ4n) is 6.40. The molecule has 0 saturated carbocycles. The number of carbonyl (C=O) groups is 8. The molecule has 0 fully saturated rings. The molecule has 0 saturated heterocycles. The number of unbranched alkanes of at least 4 members (excludes halogenated alkanes) is 7. The van der Waals surface area contributed by atoms with Crippen molar-refractivity contribution in [1.29, 1.82) is 0 Å². The van der Waals surface area contributed by atoms with Crippen LogP contribution >= 0.6 is 0 Å². The van der Waals surface area contributed by atoms with Crippen LogP contribution in [0, 0.1) is 11.8 Å². The van der Waals surface area contributed by atoms with Crippen molar-refractivity contribution in [2.45, 2.75) is 123 Å². The predicted molar refractivity (Wildman–Crippen MR) is 244 cm³/mol. The highest BCUT2D eigenvalue weighted by Gasteiger charge is 2.22. The second kappa shape index (κ2) is 38.2. The van der Waals surface area contributed by atoms with Crippen molar-refractivity contribution in [1.82, 2.24) is 21.3 Å². The highest BCUT2D eigenvalue weighted by molar-refractivity contribution is 5.88. The fourth-order valence-corrected chi connectivity index (χ4v) is 6.40. The van der Waals surface area contributed by atoms with Crippen molar-refractivity contribution in [3.63, 3.8) is 0 Å². The second-order valence-corrected chi connectivity index (χ2v) is 16.1. The molecule has 0 heterocycles. The van der Waals surface area contributed by atoms with Gasteiger partial charge in [-0.1, -0.05) is 52.4 Å². The average molecular weight is 937 g/mol. The number of aliphatic carboxylic acids is 1. The molecule has 0 bridgehead atoms. The second-order valence-electron chi connectivity index (χ2n) is 16.1. The normalized spacial score (nSPS) is 12.3. The third-order valence-electron chi connectivity index (χ3n) is 10.5. The number of nitrogens with one attached hydrogen (secondary N) is 4. The summed E-state index contributed by atoms with van der Waals surface area (Å²) in [5.74, 6) is -3.26. The first-order chi connectivity index (χ1) is 31.7. The van der Waals surface area contributed by atoms with Gasteiger partial charge in [-0.25, -0.2) is 9.59 Å². The van der Waals surface area contributed by atoms with Gasteiger partial charge >= 0.3 is 11.9 Å². The molecule has 19 heteroatoms. The van der Waals surface area contributed by atoms with E-state index in [1.54, 1.807) is 19.1 Å². The molecule has 0 spiro atoms. The lowest BCUT2D eigenvalue weighted by Crippen LogP contribution is -2.43. The summed E-state index contributed by atoms with van der Waals surface area (Å²) >= 11 is 0. The van der Waals surface area contributed by atoms with E-state index in [0.29, 0.717) is 57.7 Å². The van der Waals surface area contributed by atoms with E-state index in [-0.39, 0.29) is 112 Å². The van der Waals surface area contributed by atoms with Gasteiger partial charge in [0.15, 0.2) is 0 Å². The maximum atomic E-state index is 12.5. The number of benzene rings is 1. The van der Waals surface area contributed by atoms with Gasteiger partial charge in [-0.2, -0.15) is 0 Å². The van der Waals surface area contributed by atoms with Gasteiger partial charge in [-0.3, -0.25) is 28.8 Å². The molecule has 0 unspecified atom stereocenters. The Kier molecular flexibility index (Phi) is 34.1. The van der Waals surface area contributed by atoms with Gasteiger partial charge in [-0.15, -0.1) is 0 Å². The van der Waals surface area contributed by atoms with Gasteiger partial charge in [0.1, 0.15) is 36.6 Å². The molecule has 0 aromatic heterocycles. The monoisotopic (exact) mass is 937 g/mol. The van der Waals surface area contributed by atoms with E-state index in [9.17, 15) is 43.5 Å². The minimum absolute atomic E-state index is 0.00626. The van der Waals surface area contributed by atoms with Crippen molar-refractivity contribution in [2.75, 3.05) is 79.1 Å². The number of rotatable bonds is 43. The number of hydrogen-bond acceptors (Lipinski definition) is 13. The van der Waals surface area contributed by atoms with Crippen LogP contribution in [0.4, 0.5) is 0 Å². The van der Waals surface area contributed by atoms with E-state index < -0.39 is 30.5 Å². The highest BCUT2D eigenvalue weighted by Crippen LogP contribution is 2.19. The molecule has 374 valence electrons. The number of amides is 4. The van der Waals surface area contributed by atoms with Crippen LogP contribution in [0.3, 0.4) is 0 Å². The molecule has 1 aromatic carbocycles. The summed E-state index contributed by atoms with van der Waals surface area (Å²) in [5, 5.41) is 29.0. The quantitative estimate of drug-likeness (QED) is 0.0505. The lowest BCUT2D eigenvalue weighted by molar-refractivity contribution is -0.143. The van der Waals surface area contributed by atoms with Crippen molar-refractivity contribution in [2.24, 2.45) is 11.8 Å². The molecule has 0 radical (unpaired) electrons. The molecule has 0 aliphatic rings. The molecular formula is C47H76N4O15. The zero-order valence-corrected chi connectivity index (χ0v) is 39.3. The van der Waals surface area contributed by atoms with E-state index in [2.05, 4.69) is 21.3 Å². The van der Waals surface area contributed by atoms with Crippen LogP contribution in [0.25, 0.3) is 0 Å². The van der Waals surface area contributed by atoms with Crippen LogP contribution in [0.15, 0.2) is 24.3 Å². The van der Waals surface area contributed by atoms with Gasteiger partial charge in [-0.05, 0) is 69.7 Å². The first-order valence-electron chi connectivity index (χ1n) is 23.4. The minimum atomic E-state index is -1.28. The SMILES string of the molecule is CC[C@@H](CCCCNC(=O)CC[C@H](NC(=O)COCCOCCNC(=O)COCCOCCNC(=O)CCCCCCCCCOc1ccc(C(=O)O)cc1)C(=O)O)C(=O)C[C@@H](C)C(C)=O. The molecule has 6 N–H and O–H groups in total. The Bertz CT molecular complexity index is 1580. The number of carboxylic acids is 2. The van der Waals surface area contributed by atoms with Crippen molar-refractivity contribution in [3.8, 4) is 5.75 Å².